The summed E-state index contributed by atoms with van der Waals surface area (Å²) in [5.74, 6) is -1.35. The van der Waals surface area contributed by atoms with E-state index in [-0.39, 0.29) is 17.3 Å². The second-order valence-corrected chi connectivity index (χ2v) is 3.08. The second-order valence-electron chi connectivity index (χ2n) is 2.81. The van der Waals surface area contributed by atoms with Gasteiger partial charge in [0.05, 0.1) is 5.69 Å². The summed E-state index contributed by atoms with van der Waals surface area (Å²) < 4.78 is 13.3. The van der Waals surface area contributed by atoms with Gasteiger partial charge in [-0.05, 0) is 17.3 Å². The molecule has 0 aliphatic rings. The molecule has 0 bridgehead atoms. The molecule has 0 unspecified atom stereocenters. The van der Waals surface area contributed by atoms with Gasteiger partial charge in [-0.2, -0.15) is 0 Å². The molecule has 1 rings (SSSR count). The molecule has 6 heteroatoms. The smallest absolute Gasteiger partial charge is 0.241 e. The molecule has 0 N–H and O–H groups in total. The Balaban J connectivity index is 3.05. The first-order valence-electron chi connectivity index (χ1n) is 4.05. The number of anilines is 1. The molecular formula is C9H8ClFN2O2. The summed E-state index contributed by atoms with van der Waals surface area (Å²) in [6.07, 6.45) is 0. The van der Waals surface area contributed by atoms with Gasteiger partial charge in [-0.3, -0.25) is 4.79 Å². The standard InChI is InChI=1S/C9H8ClFN2O2/c1-13(9(14)5-10)8-3-2-6(12-15)4-7(8)11/h2-4H,5H2,1H3. The molecule has 80 valence electrons. The van der Waals surface area contributed by atoms with Crippen LogP contribution in [0.5, 0.6) is 0 Å². The zero-order chi connectivity index (χ0) is 11.4. The number of amides is 1. The summed E-state index contributed by atoms with van der Waals surface area (Å²) in [6.45, 7) is 0. The van der Waals surface area contributed by atoms with E-state index in [1.165, 1.54) is 19.2 Å². The van der Waals surface area contributed by atoms with Gasteiger partial charge >= 0.3 is 0 Å². The molecule has 4 nitrogen and oxygen atoms in total. The molecule has 0 heterocycles. The Bertz CT molecular complexity index is 398. The van der Waals surface area contributed by atoms with Crippen LogP contribution < -0.4 is 4.90 Å². The van der Waals surface area contributed by atoms with E-state index in [4.69, 9.17) is 11.6 Å². The van der Waals surface area contributed by atoms with Crippen molar-refractivity contribution in [1.82, 2.24) is 0 Å². The van der Waals surface area contributed by atoms with E-state index >= 15 is 0 Å². The molecule has 0 atom stereocenters. The summed E-state index contributed by atoms with van der Waals surface area (Å²) in [5, 5.41) is 2.58. The van der Waals surface area contributed by atoms with Crippen LogP contribution in [0.4, 0.5) is 15.8 Å². The van der Waals surface area contributed by atoms with Gasteiger partial charge in [0.2, 0.25) is 5.91 Å². The highest BCUT2D eigenvalue weighted by Crippen LogP contribution is 2.23. The van der Waals surface area contributed by atoms with Gasteiger partial charge in [-0.1, -0.05) is 0 Å². The molecule has 0 radical (unpaired) electrons. The number of hydrogen-bond donors (Lipinski definition) is 0. The predicted molar refractivity (Wildman–Crippen MR) is 56.0 cm³/mol. The van der Waals surface area contributed by atoms with Crippen molar-refractivity contribution < 1.29 is 9.18 Å². The van der Waals surface area contributed by atoms with E-state index in [0.717, 1.165) is 11.0 Å². The zero-order valence-electron chi connectivity index (χ0n) is 7.91. The SMILES string of the molecule is CN(C(=O)CCl)c1ccc(N=O)cc1F. The lowest BCUT2D eigenvalue weighted by molar-refractivity contribution is -0.116. The number of carbonyl (C=O) groups excluding carboxylic acids is 1. The molecule has 1 aromatic rings. The minimum absolute atomic E-state index is 0.0250. The molecule has 1 aromatic carbocycles. The van der Waals surface area contributed by atoms with Gasteiger partial charge in [-0.15, -0.1) is 16.5 Å². The topological polar surface area (TPSA) is 49.7 Å². The maximum atomic E-state index is 13.3. The van der Waals surface area contributed by atoms with Crippen LogP contribution in [-0.2, 0) is 4.79 Å². The quantitative estimate of drug-likeness (QED) is 0.592. The van der Waals surface area contributed by atoms with E-state index in [0.29, 0.717) is 0 Å². The number of nitroso groups, excluding NO2 is 1. The first-order valence-corrected chi connectivity index (χ1v) is 4.59. The molecule has 0 aliphatic heterocycles. The van der Waals surface area contributed by atoms with Crippen molar-refractivity contribution >= 4 is 28.9 Å². The van der Waals surface area contributed by atoms with Crippen LogP contribution in [0.15, 0.2) is 23.4 Å². The lowest BCUT2D eigenvalue weighted by Crippen LogP contribution is -2.27. The van der Waals surface area contributed by atoms with Crippen LogP contribution in [0.25, 0.3) is 0 Å². The van der Waals surface area contributed by atoms with Crippen LogP contribution in [0.3, 0.4) is 0 Å². The molecule has 0 saturated heterocycles. The first-order chi connectivity index (χ1) is 7.10. The predicted octanol–water partition coefficient (Wildman–Crippen LogP) is 2.43. The van der Waals surface area contributed by atoms with Gasteiger partial charge in [0.15, 0.2) is 0 Å². The highest BCUT2D eigenvalue weighted by atomic mass is 35.5. The highest BCUT2D eigenvalue weighted by Gasteiger charge is 2.14. The Morgan fingerprint density at radius 2 is 2.27 bits per heavy atom. The lowest BCUT2D eigenvalue weighted by atomic mass is 10.2. The van der Waals surface area contributed by atoms with Crippen molar-refractivity contribution in [3.8, 4) is 0 Å². The van der Waals surface area contributed by atoms with Crippen LogP contribution >= 0.6 is 11.6 Å². The highest BCUT2D eigenvalue weighted by molar-refractivity contribution is 6.29. The minimum atomic E-state index is -0.687. The Hall–Kier alpha value is -1.49. The molecule has 0 aromatic heterocycles. The molecule has 1 amide bonds. The van der Waals surface area contributed by atoms with Crippen molar-refractivity contribution in [3.05, 3.63) is 28.9 Å². The van der Waals surface area contributed by atoms with Crippen LogP contribution in [0.2, 0.25) is 0 Å². The van der Waals surface area contributed by atoms with E-state index < -0.39 is 11.7 Å². The van der Waals surface area contributed by atoms with E-state index in [1.807, 2.05) is 0 Å². The van der Waals surface area contributed by atoms with Crippen molar-refractivity contribution in [3.63, 3.8) is 0 Å². The first kappa shape index (κ1) is 11.6. The fraction of sp³-hybridized carbons (Fsp3) is 0.222. The van der Waals surface area contributed by atoms with Gasteiger partial charge in [0.25, 0.3) is 0 Å². The van der Waals surface area contributed by atoms with Gasteiger partial charge < -0.3 is 4.90 Å². The number of carbonyl (C=O) groups is 1. The summed E-state index contributed by atoms with van der Waals surface area (Å²) in [5.41, 5.74) is 0.0380. The van der Waals surface area contributed by atoms with E-state index in [9.17, 15) is 14.1 Å². The number of rotatable bonds is 3. The van der Waals surface area contributed by atoms with E-state index in [2.05, 4.69) is 5.18 Å². The third kappa shape index (κ3) is 2.50. The molecule has 0 saturated carbocycles. The largest absolute Gasteiger partial charge is 0.312 e. The van der Waals surface area contributed by atoms with Gasteiger partial charge in [0, 0.05) is 13.1 Å². The average Bonchev–Trinajstić information content (AvgIpc) is 2.26. The summed E-state index contributed by atoms with van der Waals surface area (Å²) >= 11 is 5.33. The Morgan fingerprint density at radius 3 is 2.73 bits per heavy atom. The van der Waals surface area contributed by atoms with Crippen LogP contribution in [-0.4, -0.2) is 18.8 Å². The maximum Gasteiger partial charge on any atom is 0.241 e. The number of alkyl halides is 1. The van der Waals surface area contributed by atoms with Crippen LogP contribution in [0.1, 0.15) is 0 Å². The molecule has 0 aliphatic carbocycles. The maximum absolute atomic E-state index is 13.3. The molecule has 15 heavy (non-hydrogen) atoms. The molecular weight excluding hydrogens is 223 g/mol. The van der Waals surface area contributed by atoms with Gasteiger partial charge in [0.1, 0.15) is 17.4 Å². The minimum Gasteiger partial charge on any atom is -0.312 e. The monoisotopic (exact) mass is 230 g/mol. The van der Waals surface area contributed by atoms with Crippen LogP contribution in [0, 0.1) is 10.7 Å². The Morgan fingerprint density at radius 1 is 1.60 bits per heavy atom. The number of halogens is 2. The Labute approximate surface area is 90.6 Å². The number of hydrogen-bond acceptors (Lipinski definition) is 3. The van der Waals surface area contributed by atoms with Crippen molar-refractivity contribution in [2.75, 3.05) is 17.8 Å². The Kier molecular flexibility index (Phi) is 3.74. The summed E-state index contributed by atoms with van der Waals surface area (Å²) in [4.78, 5) is 22.4. The number of benzene rings is 1. The fourth-order valence-corrected chi connectivity index (χ4v) is 1.23. The van der Waals surface area contributed by atoms with Crippen molar-refractivity contribution in [2.24, 2.45) is 5.18 Å². The average molecular weight is 231 g/mol. The van der Waals surface area contributed by atoms with E-state index in [1.54, 1.807) is 0 Å². The molecule has 0 fully saturated rings. The zero-order valence-corrected chi connectivity index (χ0v) is 8.66. The summed E-state index contributed by atoms with van der Waals surface area (Å²) in [7, 11) is 1.40. The third-order valence-electron chi connectivity index (χ3n) is 1.89. The second kappa shape index (κ2) is 4.84. The fourth-order valence-electron chi connectivity index (χ4n) is 1.05. The molecule has 0 spiro atoms. The third-order valence-corrected chi connectivity index (χ3v) is 2.12. The lowest BCUT2D eigenvalue weighted by Gasteiger charge is -2.16. The van der Waals surface area contributed by atoms with Gasteiger partial charge in [-0.25, -0.2) is 4.39 Å². The number of nitrogens with zero attached hydrogens (tertiary/aromatic N) is 2. The van der Waals surface area contributed by atoms with Crippen molar-refractivity contribution in [1.29, 1.82) is 0 Å². The van der Waals surface area contributed by atoms with Crippen molar-refractivity contribution in [2.45, 2.75) is 0 Å². The normalized spacial score (nSPS) is 9.80. The summed E-state index contributed by atoms with van der Waals surface area (Å²) in [6, 6.07) is 3.58.